The van der Waals surface area contributed by atoms with Crippen molar-refractivity contribution in [3.8, 4) is 0 Å². The molecule has 0 radical (unpaired) electrons. The number of likely N-dealkylation sites (tertiary alicyclic amines) is 1. The normalized spacial score (nSPS) is 22.6. The van der Waals surface area contributed by atoms with Crippen LogP contribution >= 0.6 is 0 Å². The van der Waals surface area contributed by atoms with Gasteiger partial charge in [0.2, 0.25) is 5.91 Å². The van der Waals surface area contributed by atoms with Crippen LogP contribution in [0.1, 0.15) is 65.2 Å². The lowest BCUT2D eigenvalue weighted by Crippen LogP contribution is -2.52. The first-order valence-corrected chi connectivity index (χ1v) is 8.90. The summed E-state index contributed by atoms with van der Waals surface area (Å²) < 4.78 is 0. The number of rotatable bonds is 6. The molecule has 2 fully saturated rings. The molecular weight excluding hydrogens is 262 g/mol. The van der Waals surface area contributed by atoms with Crippen molar-refractivity contribution in [2.75, 3.05) is 19.6 Å². The van der Waals surface area contributed by atoms with Crippen LogP contribution in [0.3, 0.4) is 0 Å². The average Bonchev–Trinajstić information content (AvgIpc) is 3.05. The van der Waals surface area contributed by atoms with E-state index in [2.05, 4.69) is 24.1 Å². The van der Waals surface area contributed by atoms with Gasteiger partial charge in [-0.15, -0.1) is 0 Å². The van der Waals surface area contributed by atoms with Crippen LogP contribution in [0.4, 0.5) is 0 Å². The number of nitrogens with two attached hydrogens (primary N) is 1. The standard InChI is InChI=1S/C17H33N3O/c1-3-17(4-2,13-18)16(21)19-14-9-11-20(12-10-14)15-7-5-6-8-15/h14-15H,3-13,18H2,1-2H3,(H,19,21). The van der Waals surface area contributed by atoms with Crippen LogP contribution < -0.4 is 11.1 Å². The van der Waals surface area contributed by atoms with Gasteiger partial charge in [-0.1, -0.05) is 26.7 Å². The summed E-state index contributed by atoms with van der Waals surface area (Å²) in [4.78, 5) is 15.2. The third-order valence-electron chi connectivity index (χ3n) is 5.93. The Morgan fingerprint density at radius 3 is 2.19 bits per heavy atom. The predicted molar refractivity (Wildman–Crippen MR) is 87.1 cm³/mol. The van der Waals surface area contributed by atoms with Crippen LogP contribution in [0, 0.1) is 5.41 Å². The largest absolute Gasteiger partial charge is 0.353 e. The zero-order valence-corrected chi connectivity index (χ0v) is 13.9. The fraction of sp³-hybridized carbons (Fsp3) is 0.941. The van der Waals surface area contributed by atoms with Crippen molar-refractivity contribution >= 4 is 5.91 Å². The lowest BCUT2D eigenvalue weighted by Gasteiger charge is -2.38. The van der Waals surface area contributed by atoms with Crippen molar-refractivity contribution in [2.24, 2.45) is 11.1 Å². The van der Waals surface area contributed by atoms with Crippen LogP contribution in [-0.4, -0.2) is 42.5 Å². The van der Waals surface area contributed by atoms with Gasteiger partial charge in [0.05, 0.1) is 5.41 Å². The maximum Gasteiger partial charge on any atom is 0.227 e. The lowest BCUT2D eigenvalue weighted by atomic mass is 9.81. The Kier molecular flexibility index (Phi) is 6.06. The summed E-state index contributed by atoms with van der Waals surface area (Å²) in [6.45, 7) is 6.87. The summed E-state index contributed by atoms with van der Waals surface area (Å²) in [5, 5.41) is 3.28. The van der Waals surface area contributed by atoms with Gasteiger partial charge in [0.25, 0.3) is 0 Å². The Hall–Kier alpha value is -0.610. The Bertz CT molecular complexity index is 319. The highest BCUT2D eigenvalue weighted by atomic mass is 16.2. The fourth-order valence-corrected chi connectivity index (χ4v) is 3.97. The molecule has 21 heavy (non-hydrogen) atoms. The SMILES string of the molecule is CCC(CC)(CN)C(=O)NC1CCN(C2CCCC2)CC1. The van der Waals surface area contributed by atoms with Crippen LogP contribution in [0.15, 0.2) is 0 Å². The van der Waals surface area contributed by atoms with Crippen LogP contribution in [0.5, 0.6) is 0 Å². The average molecular weight is 295 g/mol. The molecule has 1 saturated carbocycles. The van der Waals surface area contributed by atoms with Crippen molar-refractivity contribution in [1.82, 2.24) is 10.2 Å². The summed E-state index contributed by atoms with van der Waals surface area (Å²) >= 11 is 0. The van der Waals surface area contributed by atoms with E-state index < -0.39 is 0 Å². The minimum Gasteiger partial charge on any atom is -0.353 e. The summed E-state index contributed by atoms with van der Waals surface area (Å²) in [5.74, 6) is 0.175. The molecule has 0 spiro atoms. The van der Waals surface area contributed by atoms with Gasteiger partial charge in [0, 0.05) is 31.7 Å². The predicted octanol–water partition coefficient (Wildman–Crippen LogP) is 2.27. The third kappa shape index (κ3) is 3.78. The molecule has 1 saturated heterocycles. The van der Waals surface area contributed by atoms with Crippen molar-refractivity contribution in [3.05, 3.63) is 0 Å². The number of hydrogen-bond acceptors (Lipinski definition) is 3. The molecule has 0 bridgehead atoms. The molecule has 0 unspecified atom stereocenters. The number of piperidine rings is 1. The second-order valence-electron chi connectivity index (χ2n) is 6.91. The molecule has 0 aromatic rings. The number of carbonyl (C=O) groups excluding carboxylic acids is 1. The molecule has 3 N–H and O–H groups in total. The highest BCUT2D eigenvalue weighted by Crippen LogP contribution is 2.28. The Labute approximate surface area is 129 Å². The van der Waals surface area contributed by atoms with E-state index in [1.807, 2.05) is 0 Å². The van der Waals surface area contributed by atoms with Crippen LogP contribution in [0.25, 0.3) is 0 Å². The van der Waals surface area contributed by atoms with Gasteiger partial charge in [-0.3, -0.25) is 4.79 Å². The van der Waals surface area contributed by atoms with E-state index in [9.17, 15) is 4.79 Å². The van der Waals surface area contributed by atoms with Gasteiger partial charge < -0.3 is 16.0 Å². The zero-order valence-electron chi connectivity index (χ0n) is 13.9. The number of hydrogen-bond donors (Lipinski definition) is 2. The minimum absolute atomic E-state index is 0.175. The van der Waals surface area contributed by atoms with Crippen molar-refractivity contribution in [2.45, 2.75) is 77.3 Å². The summed E-state index contributed by atoms with van der Waals surface area (Å²) in [6, 6.07) is 1.16. The quantitative estimate of drug-likeness (QED) is 0.790. The number of amides is 1. The molecule has 1 aliphatic carbocycles. The molecule has 0 aromatic carbocycles. The molecule has 2 rings (SSSR count). The third-order valence-corrected chi connectivity index (χ3v) is 5.93. The van der Waals surface area contributed by atoms with E-state index in [4.69, 9.17) is 5.73 Å². The number of carbonyl (C=O) groups is 1. The first-order chi connectivity index (χ1) is 10.1. The van der Waals surface area contributed by atoms with Crippen LogP contribution in [0.2, 0.25) is 0 Å². The Balaban J connectivity index is 1.81. The Morgan fingerprint density at radius 1 is 1.14 bits per heavy atom. The highest BCUT2D eigenvalue weighted by Gasteiger charge is 2.35. The van der Waals surface area contributed by atoms with Gasteiger partial charge in [-0.2, -0.15) is 0 Å². The first kappa shape index (κ1) is 16.8. The molecule has 4 heteroatoms. The van der Waals surface area contributed by atoms with E-state index in [0.717, 1.165) is 44.8 Å². The maximum absolute atomic E-state index is 12.6. The topological polar surface area (TPSA) is 58.4 Å². The monoisotopic (exact) mass is 295 g/mol. The second-order valence-corrected chi connectivity index (χ2v) is 6.91. The first-order valence-electron chi connectivity index (χ1n) is 8.90. The van der Waals surface area contributed by atoms with Gasteiger partial charge in [0.1, 0.15) is 0 Å². The number of nitrogens with one attached hydrogen (secondary N) is 1. The van der Waals surface area contributed by atoms with E-state index in [1.54, 1.807) is 0 Å². The van der Waals surface area contributed by atoms with Gasteiger partial charge >= 0.3 is 0 Å². The molecule has 4 nitrogen and oxygen atoms in total. The van der Waals surface area contributed by atoms with E-state index in [-0.39, 0.29) is 11.3 Å². The molecule has 122 valence electrons. The molecule has 1 amide bonds. The lowest BCUT2D eigenvalue weighted by molar-refractivity contribution is -0.132. The molecule has 1 heterocycles. The summed E-state index contributed by atoms with van der Waals surface area (Å²) in [5.41, 5.74) is 5.51. The minimum atomic E-state index is -0.359. The smallest absolute Gasteiger partial charge is 0.227 e. The van der Waals surface area contributed by atoms with Crippen molar-refractivity contribution < 1.29 is 4.79 Å². The summed E-state index contributed by atoms with van der Waals surface area (Å²) in [7, 11) is 0. The van der Waals surface area contributed by atoms with Crippen molar-refractivity contribution in [1.29, 1.82) is 0 Å². The molecule has 1 aliphatic heterocycles. The van der Waals surface area contributed by atoms with Gasteiger partial charge in [0.15, 0.2) is 0 Å². The fourth-order valence-electron chi connectivity index (χ4n) is 3.97. The Morgan fingerprint density at radius 2 is 1.71 bits per heavy atom. The highest BCUT2D eigenvalue weighted by molar-refractivity contribution is 5.83. The second kappa shape index (κ2) is 7.59. The molecule has 0 atom stereocenters. The molecular formula is C17H33N3O. The van der Waals surface area contributed by atoms with Crippen molar-refractivity contribution in [3.63, 3.8) is 0 Å². The van der Waals surface area contributed by atoms with E-state index >= 15 is 0 Å². The number of nitrogens with zero attached hydrogens (tertiary/aromatic N) is 1. The molecule has 0 aromatic heterocycles. The molecule has 2 aliphatic rings. The van der Waals surface area contributed by atoms with Crippen LogP contribution in [-0.2, 0) is 4.79 Å². The maximum atomic E-state index is 12.6. The summed E-state index contributed by atoms with van der Waals surface area (Å²) in [6.07, 6.45) is 9.38. The van der Waals surface area contributed by atoms with Gasteiger partial charge in [-0.05, 0) is 38.5 Å². The van der Waals surface area contributed by atoms with E-state index in [1.165, 1.54) is 25.7 Å². The van der Waals surface area contributed by atoms with Gasteiger partial charge in [-0.25, -0.2) is 0 Å². The zero-order chi connectivity index (χ0) is 15.3. The van der Waals surface area contributed by atoms with E-state index in [0.29, 0.717) is 12.6 Å².